The molecule has 0 aliphatic heterocycles. The Hall–Kier alpha value is -0.890. The molecule has 0 saturated heterocycles. The highest BCUT2D eigenvalue weighted by atomic mass is 32.1. The fraction of sp³-hybridized carbons (Fsp3) is 0.222. The van der Waals surface area contributed by atoms with Gasteiger partial charge < -0.3 is 0 Å². The summed E-state index contributed by atoms with van der Waals surface area (Å²) in [5.74, 6) is 0.113. The molecule has 0 unspecified atom stereocenters. The van der Waals surface area contributed by atoms with Crippen molar-refractivity contribution < 1.29 is 4.79 Å². The highest BCUT2D eigenvalue weighted by Gasteiger charge is 1.88. The van der Waals surface area contributed by atoms with Crippen molar-refractivity contribution >= 4 is 17.1 Å². The van der Waals surface area contributed by atoms with E-state index in [1.54, 1.807) is 24.3 Å². The zero-order chi connectivity index (χ0) is 8.10. The van der Waals surface area contributed by atoms with Gasteiger partial charge in [-0.3, -0.25) is 4.79 Å². The number of carbonyl (C=O) groups excluding carboxylic acids is 1. The van der Waals surface area contributed by atoms with Crippen LogP contribution in [-0.4, -0.2) is 5.78 Å². The number of carbonyl (C=O) groups is 1. The standard InChI is InChI=1S/C9H10OS/c1-8(10)4-2-5-9-6-3-7-11-9/h2-4,6-7H,5H2,1H3/b4-2+. The van der Waals surface area contributed by atoms with E-state index in [0.717, 1.165) is 6.42 Å². The van der Waals surface area contributed by atoms with Crippen LogP contribution in [0.2, 0.25) is 0 Å². The molecule has 0 aliphatic rings. The SMILES string of the molecule is CC(=O)/C=C/Cc1cccs1. The number of ketones is 1. The second kappa shape index (κ2) is 4.09. The Morgan fingerprint density at radius 2 is 2.55 bits per heavy atom. The van der Waals surface area contributed by atoms with E-state index in [2.05, 4.69) is 6.07 Å². The molecular weight excluding hydrogens is 156 g/mol. The van der Waals surface area contributed by atoms with Crippen LogP contribution in [0.4, 0.5) is 0 Å². The van der Waals surface area contributed by atoms with Gasteiger partial charge in [-0.15, -0.1) is 11.3 Å². The quantitative estimate of drug-likeness (QED) is 0.630. The number of rotatable bonds is 3. The molecule has 0 amide bonds. The average Bonchev–Trinajstić information content (AvgIpc) is 2.39. The third-order valence-corrected chi connectivity index (χ3v) is 2.15. The van der Waals surface area contributed by atoms with Crippen LogP contribution in [0, 0.1) is 0 Å². The molecule has 0 N–H and O–H groups in total. The van der Waals surface area contributed by atoms with Crippen molar-refractivity contribution in [3.05, 3.63) is 34.5 Å². The first kappa shape index (κ1) is 8.21. The van der Waals surface area contributed by atoms with Gasteiger partial charge in [0, 0.05) is 11.3 Å². The summed E-state index contributed by atoms with van der Waals surface area (Å²) >= 11 is 1.71. The van der Waals surface area contributed by atoms with Gasteiger partial charge in [0.25, 0.3) is 0 Å². The number of thiophene rings is 1. The molecule has 0 saturated carbocycles. The Morgan fingerprint density at radius 3 is 3.09 bits per heavy atom. The maximum Gasteiger partial charge on any atom is 0.152 e. The third-order valence-electron chi connectivity index (χ3n) is 1.25. The summed E-state index contributed by atoms with van der Waals surface area (Å²) in [7, 11) is 0. The fourth-order valence-electron chi connectivity index (χ4n) is 0.770. The van der Waals surface area contributed by atoms with Crippen LogP contribution >= 0.6 is 11.3 Å². The average molecular weight is 166 g/mol. The lowest BCUT2D eigenvalue weighted by Crippen LogP contribution is -1.80. The van der Waals surface area contributed by atoms with Crippen molar-refractivity contribution in [3.8, 4) is 0 Å². The molecule has 1 rings (SSSR count). The molecule has 58 valence electrons. The lowest BCUT2D eigenvalue weighted by atomic mass is 10.3. The molecule has 11 heavy (non-hydrogen) atoms. The van der Waals surface area contributed by atoms with Crippen LogP contribution in [-0.2, 0) is 11.2 Å². The summed E-state index contributed by atoms with van der Waals surface area (Å²) in [4.78, 5) is 11.8. The topological polar surface area (TPSA) is 17.1 Å². The van der Waals surface area contributed by atoms with Gasteiger partial charge in [-0.1, -0.05) is 12.1 Å². The highest BCUT2D eigenvalue weighted by Crippen LogP contribution is 2.09. The minimum Gasteiger partial charge on any atom is -0.295 e. The normalized spacial score (nSPS) is 10.6. The van der Waals surface area contributed by atoms with Gasteiger partial charge in [0.15, 0.2) is 5.78 Å². The predicted octanol–water partition coefficient (Wildman–Crippen LogP) is 2.44. The van der Waals surface area contributed by atoms with Crippen LogP contribution in [0.1, 0.15) is 11.8 Å². The van der Waals surface area contributed by atoms with Gasteiger partial charge in [-0.25, -0.2) is 0 Å². The molecule has 1 aromatic rings. The van der Waals surface area contributed by atoms with E-state index in [4.69, 9.17) is 0 Å². The van der Waals surface area contributed by atoms with Gasteiger partial charge in [-0.2, -0.15) is 0 Å². The van der Waals surface area contributed by atoms with Crippen LogP contribution in [0.15, 0.2) is 29.7 Å². The van der Waals surface area contributed by atoms with E-state index in [0.29, 0.717) is 0 Å². The molecule has 0 bridgehead atoms. The monoisotopic (exact) mass is 166 g/mol. The summed E-state index contributed by atoms with van der Waals surface area (Å²) in [5, 5.41) is 2.04. The van der Waals surface area contributed by atoms with Gasteiger partial charge >= 0.3 is 0 Å². The zero-order valence-electron chi connectivity index (χ0n) is 6.41. The molecule has 1 heterocycles. The van der Waals surface area contributed by atoms with Crippen LogP contribution < -0.4 is 0 Å². The Labute approximate surface area is 70.4 Å². The van der Waals surface area contributed by atoms with E-state index in [9.17, 15) is 4.79 Å². The largest absolute Gasteiger partial charge is 0.295 e. The molecule has 2 heteroatoms. The predicted molar refractivity (Wildman–Crippen MR) is 47.8 cm³/mol. The summed E-state index contributed by atoms with van der Waals surface area (Å²) in [6, 6.07) is 4.08. The lowest BCUT2D eigenvalue weighted by Gasteiger charge is -1.85. The van der Waals surface area contributed by atoms with E-state index in [1.165, 1.54) is 4.88 Å². The minimum atomic E-state index is 0.113. The minimum absolute atomic E-state index is 0.113. The molecule has 0 aromatic carbocycles. The molecule has 0 fully saturated rings. The Morgan fingerprint density at radius 1 is 1.73 bits per heavy atom. The fourth-order valence-corrected chi connectivity index (χ4v) is 1.45. The first-order valence-electron chi connectivity index (χ1n) is 3.48. The first-order chi connectivity index (χ1) is 5.29. The van der Waals surface area contributed by atoms with Crippen molar-refractivity contribution in [2.45, 2.75) is 13.3 Å². The molecule has 0 atom stereocenters. The summed E-state index contributed by atoms with van der Waals surface area (Å²) in [5.41, 5.74) is 0. The Kier molecular flexibility index (Phi) is 3.05. The Balaban J connectivity index is 2.40. The smallest absolute Gasteiger partial charge is 0.152 e. The van der Waals surface area contributed by atoms with Crippen molar-refractivity contribution in [2.24, 2.45) is 0 Å². The third kappa shape index (κ3) is 3.14. The number of hydrogen-bond donors (Lipinski definition) is 0. The second-order valence-corrected chi connectivity index (χ2v) is 3.33. The van der Waals surface area contributed by atoms with Crippen molar-refractivity contribution in [3.63, 3.8) is 0 Å². The van der Waals surface area contributed by atoms with E-state index in [-0.39, 0.29) is 5.78 Å². The zero-order valence-corrected chi connectivity index (χ0v) is 7.23. The van der Waals surface area contributed by atoms with E-state index >= 15 is 0 Å². The maximum absolute atomic E-state index is 10.5. The van der Waals surface area contributed by atoms with Crippen LogP contribution in [0.5, 0.6) is 0 Å². The molecule has 1 aromatic heterocycles. The van der Waals surface area contributed by atoms with Crippen molar-refractivity contribution in [2.75, 3.05) is 0 Å². The second-order valence-electron chi connectivity index (χ2n) is 2.30. The van der Waals surface area contributed by atoms with E-state index in [1.807, 2.05) is 17.5 Å². The summed E-state index contributed by atoms with van der Waals surface area (Å²) in [6.45, 7) is 1.56. The maximum atomic E-state index is 10.5. The molecule has 0 spiro atoms. The van der Waals surface area contributed by atoms with Crippen molar-refractivity contribution in [1.29, 1.82) is 0 Å². The molecule has 1 nitrogen and oxygen atoms in total. The molecule has 0 radical (unpaired) electrons. The van der Waals surface area contributed by atoms with Gasteiger partial charge in [0.05, 0.1) is 0 Å². The van der Waals surface area contributed by atoms with Gasteiger partial charge in [0.1, 0.15) is 0 Å². The van der Waals surface area contributed by atoms with E-state index < -0.39 is 0 Å². The number of allylic oxidation sites excluding steroid dienone is 2. The number of hydrogen-bond acceptors (Lipinski definition) is 2. The Bertz CT molecular complexity index is 247. The van der Waals surface area contributed by atoms with Gasteiger partial charge in [-0.05, 0) is 24.4 Å². The lowest BCUT2D eigenvalue weighted by molar-refractivity contribution is -0.112. The van der Waals surface area contributed by atoms with Crippen LogP contribution in [0.25, 0.3) is 0 Å². The van der Waals surface area contributed by atoms with Crippen molar-refractivity contribution in [1.82, 2.24) is 0 Å². The first-order valence-corrected chi connectivity index (χ1v) is 4.36. The molecular formula is C9H10OS. The summed E-state index contributed by atoms with van der Waals surface area (Å²) < 4.78 is 0. The highest BCUT2D eigenvalue weighted by molar-refractivity contribution is 7.09. The summed E-state index contributed by atoms with van der Waals surface area (Å²) in [6.07, 6.45) is 4.38. The molecule has 0 aliphatic carbocycles. The van der Waals surface area contributed by atoms with Crippen LogP contribution in [0.3, 0.4) is 0 Å². The van der Waals surface area contributed by atoms with Gasteiger partial charge in [0.2, 0.25) is 0 Å².